The third-order valence-corrected chi connectivity index (χ3v) is 5.20. The zero-order valence-corrected chi connectivity index (χ0v) is 13.1. The van der Waals surface area contributed by atoms with Gasteiger partial charge in [-0.25, -0.2) is 4.39 Å². The van der Waals surface area contributed by atoms with Crippen LogP contribution < -0.4 is 4.90 Å². The first-order valence-corrected chi connectivity index (χ1v) is 7.93. The van der Waals surface area contributed by atoms with Gasteiger partial charge in [0.05, 0.1) is 6.26 Å². The van der Waals surface area contributed by atoms with Gasteiger partial charge in [0.1, 0.15) is 5.82 Å². The molecule has 0 aliphatic carbocycles. The number of rotatable bonds is 1. The molecule has 0 bridgehead atoms. The van der Waals surface area contributed by atoms with Crippen molar-refractivity contribution in [3.8, 4) is 0 Å². The highest BCUT2D eigenvalue weighted by atomic mass is 19.1. The summed E-state index contributed by atoms with van der Waals surface area (Å²) in [6, 6.07) is 8.13. The molecule has 1 spiro atoms. The number of benzene rings is 1. The van der Waals surface area contributed by atoms with Crippen molar-refractivity contribution in [2.24, 2.45) is 0 Å². The molecule has 0 atom stereocenters. The lowest BCUT2D eigenvalue weighted by Crippen LogP contribution is -2.44. The normalized spacial score (nSPS) is 20.0. The molecular weight excluding hydrogens is 295 g/mol. The predicted octanol–water partition coefficient (Wildman–Crippen LogP) is 3.04. The minimum absolute atomic E-state index is 0.147. The first-order valence-electron chi connectivity index (χ1n) is 7.93. The summed E-state index contributed by atoms with van der Waals surface area (Å²) >= 11 is 0. The van der Waals surface area contributed by atoms with Crippen LogP contribution in [-0.4, -0.2) is 37.5 Å². The zero-order valence-electron chi connectivity index (χ0n) is 13.1. The predicted molar refractivity (Wildman–Crippen MR) is 85.2 cm³/mol. The van der Waals surface area contributed by atoms with Crippen LogP contribution in [0.4, 0.5) is 10.1 Å². The van der Waals surface area contributed by atoms with Crippen molar-refractivity contribution in [1.29, 1.82) is 0 Å². The fraction of sp³-hybridized carbons (Fsp3) is 0.389. The molecule has 1 aromatic heterocycles. The number of carbonyl (C=O) groups is 1. The molecule has 120 valence electrons. The molecule has 1 fully saturated rings. The second kappa shape index (κ2) is 5.20. The van der Waals surface area contributed by atoms with Gasteiger partial charge in [0.25, 0.3) is 5.91 Å². The number of hydrogen-bond donors (Lipinski definition) is 0. The molecule has 0 saturated carbocycles. The summed E-state index contributed by atoms with van der Waals surface area (Å²) in [5.41, 5.74) is 1.63. The van der Waals surface area contributed by atoms with Crippen LogP contribution in [0.1, 0.15) is 29.0 Å². The van der Waals surface area contributed by atoms with Crippen molar-refractivity contribution in [3.05, 3.63) is 53.7 Å². The standard InChI is InChI=1S/C18H19FN2O2/c1-20-8-6-18(7-9-20)12-21(17(22)16-3-2-10-23-16)15-5-4-13(19)11-14(15)18/h2-5,10-11H,6-9,12H2,1H3. The Morgan fingerprint density at radius 1 is 1.26 bits per heavy atom. The molecule has 2 aliphatic heterocycles. The van der Waals surface area contributed by atoms with Crippen molar-refractivity contribution < 1.29 is 13.6 Å². The maximum atomic E-state index is 13.8. The number of likely N-dealkylation sites (tertiary alicyclic amines) is 1. The van der Waals surface area contributed by atoms with Gasteiger partial charge in [-0.05, 0) is 68.9 Å². The Bertz CT molecular complexity index is 733. The van der Waals surface area contributed by atoms with Crippen molar-refractivity contribution in [1.82, 2.24) is 4.90 Å². The highest BCUT2D eigenvalue weighted by Crippen LogP contribution is 2.47. The molecule has 3 heterocycles. The molecular formula is C18H19FN2O2. The van der Waals surface area contributed by atoms with E-state index < -0.39 is 0 Å². The number of hydrogen-bond acceptors (Lipinski definition) is 3. The lowest BCUT2D eigenvalue weighted by Gasteiger charge is -2.38. The van der Waals surface area contributed by atoms with Crippen molar-refractivity contribution in [2.45, 2.75) is 18.3 Å². The first kappa shape index (κ1) is 14.5. The number of anilines is 1. The minimum atomic E-state index is -0.241. The number of fused-ring (bicyclic) bond motifs is 2. The van der Waals surface area contributed by atoms with Gasteiger partial charge in [-0.2, -0.15) is 0 Å². The maximum absolute atomic E-state index is 13.8. The van der Waals surface area contributed by atoms with E-state index in [2.05, 4.69) is 11.9 Å². The Morgan fingerprint density at radius 3 is 2.74 bits per heavy atom. The van der Waals surface area contributed by atoms with Gasteiger partial charge >= 0.3 is 0 Å². The van der Waals surface area contributed by atoms with Crippen LogP contribution in [-0.2, 0) is 5.41 Å². The van der Waals surface area contributed by atoms with Gasteiger partial charge in [0, 0.05) is 17.6 Å². The van der Waals surface area contributed by atoms with Crippen molar-refractivity contribution in [3.63, 3.8) is 0 Å². The molecule has 1 aromatic carbocycles. The number of piperidine rings is 1. The number of halogens is 1. The second-order valence-corrected chi connectivity index (χ2v) is 6.61. The van der Waals surface area contributed by atoms with Gasteiger partial charge in [0.2, 0.25) is 0 Å². The highest BCUT2D eigenvalue weighted by molar-refractivity contribution is 6.06. The molecule has 0 unspecified atom stereocenters. The molecule has 4 rings (SSSR count). The van der Waals surface area contributed by atoms with Crippen molar-refractivity contribution >= 4 is 11.6 Å². The summed E-state index contributed by atoms with van der Waals surface area (Å²) in [6.07, 6.45) is 3.37. The first-order chi connectivity index (χ1) is 11.1. The third kappa shape index (κ3) is 2.27. The van der Waals surface area contributed by atoms with Gasteiger partial charge < -0.3 is 14.2 Å². The lowest BCUT2D eigenvalue weighted by molar-refractivity contribution is 0.0952. The summed E-state index contributed by atoms with van der Waals surface area (Å²) in [4.78, 5) is 16.8. The van der Waals surface area contributed by atoms with E-state index in [1.54, 1.807) is 29.2 Å². The number of nitrogens with zero attached hydrogens (tertiary/aromatic N) is 2. The molecule has 2 aliphatic rings. The number of carbonyl (C=O) groups excluding carboxylic acids is 1. The Morgan fingerprint density at radius 2 is 2.04 bits per heavy atom. The van der Waals surface area contributed by atoms with Gasteiger partial charge in [-0.1, -0.05) is 0 Å². The summed E-state index contributed by atoms with van der Waals surface area (Å²) in [7, 11) is 2.10. The zero-order chi connectivity index (χ0) is 16.0. The summed E-state index contributed by atoms with van der Waals surface area (Å²) in [5.74, 6) is -0.0711. The molecule has 1 amide bonds. The van der Waals surface area contributed by atoms with Crippen LogP contribution in [0.25, 0.3) is 0 Å². The second-order valence-electron chi connectivity index (χ2n) is 6.61. The SMILES string of the molecule is CN1CCC2(CC1)CN(C(=O)c1ccco1)c1ccc(F)cc12. The maximum Gasteiger partial charge on any atom is 0.293 e. The Kier molecular flexibility index (Phi) is 3.27. The quantitative estimate of drug-likeness (QED) is 0.812. The number of furan rings is 1. The largest absolute Gasteiger partial charge is 0.459 e. The lowest BCUT2D eigenvalue weighted by atomic mass is 9.74. The third-order valence-electron chi connectivity index (χ3n) is 5.20. The average molecular weight is 314 g/mol. The van der Waals surface area contributed by atoms with Crippen LogP contribution in [0, 0.1) is 5.82 Å². The molecule has 23 heavy (non-hydrogen) atoms. The molecule has 0 radical (unpaired) electrons. The molecule has 1 saturated heterocycles. The van der Waals surface area contributed by atoms with E-state index in [-0.39, 0.29) is 17.1 Å². The van der Waals surface area contributed by atoms with Crippen molar-refractivity contribution in [2.75, 3.05) is 31.6 Å². The van der Waals surface area contributed by atoms with E-state index in [1.165, 1.54) is 12.3 Å². The molecule has 2 aromatic rings. The molecule has 0 N–H and O–H groups in total. The van der Waals surface area contributed by atoms with Crippen LogP contribution in [0.2, 0.25) is 0 Å². The van der Waals surface area contributed by atoms with Crippen LogP contribution >= 0.6 is 0 Å². The van der Waals surface area contributed by atoms with E-state index in [4.69, 9.17) is 4.42 Å². The summed E-state index contributed by atoms with van der Waals surface area (Å²) in [5, 5.41) is 0. The van der Waals surface area contributed by atoms with Gasteiger partial charge in [-0.3, -0.25) is 4.79 Å². The number of amides is 1. The van der Waals surface area contributed by atoms with E-state index in [1.807, 2.05) is 0 Å². The molecule has 5 heteroatoms. The van der Waals surface area contributed by atoms with E-state index in [0.29, 0.717) is 12.3 Å². The van der Waals surface area contributed by atoms with E-state index in [9.17, 15) is 9.18 Å². The highest BCUT2D eigenvalue weighted by Gasteiger charge is 2.46. The fourth-order valence-electron chi connectivity index (χ4n) is 3.83. The monoisotopic (exact) mass is 314 g/mol. The smallest absolute Gasteiger partial charge is 0.293 e. The topological polar surface area (TPSA) is 36.7 Å². The van der Waals surface area contributed by atoms with E-state index >= 15 is 0 Å². The van der Waals surface area contributed by atoms with Crippen LogP contribution in [0.15, 0.2) is 41.0 Å². The summed E-state index contributed by atoms with van der Waals surface area (Å²) < 4.78 is 19.1. The van der Waals surface area contributed by atoms with Gasteiger partial charge in [-0.15, -0.1) is 0 Å². The average Bonchev–Trinajstić information content (AvgIpc) is 3.18. The molecule has 4 nitrogen and oxygen atoms in total. The Balaban J connectivity index is 1.76. The van der Waals surface area contributed by atoms with Gasteiger partial charge in [0.15, 0.2) is 5.76 Å². The summed E-state index contributed by atoms with van der Waals surface area (Å²) in [6.45, 7) is 2.51. The van der Waals surface area contributed by atoms with Crippen LogP contribution in [0.3, 0.4) is 0 Å². The minimum Gasteiger partial charge on any atom is -0.459 e. The van der Waals surface area contributed by atoms with Crippen LogP contribution in [0.5, 0.6) is 0 Å². The Hall–Kier alpha value is -2.14. The fourth-order valence-corrected chi connectivity index (χ4v) is 3.83. The Labute approximate surface area is 134 Å². The van der Waals surface area contributed by atoms with E-state index in [0.717, 1.165) is 37.2 Å².